The molecule has 3 fully saturated rings. The molecule has 1 spiro atoms. The number of benzene rings is 2. The van der Waals surface area contributed by atoms with E-state index in [0.29, 0.717) is 6.42 Å². The van der Waals surface area contributed by atoms with Crippen molar-refractivity contribution in [2.45, 2.75) is 67.7 Å². The average Bonchev–Trinajstić information content (AvgIpc) is 3.62. The summed E-state index contributed by atoms with van der Waals surface area (Å²) in [5, 5.41) is 12.6. The van der Waals surface area contributed by atoms with Crippen molar-refractivity contribution in [3.8, 4) is 5.75 Å². The minimum Gasteiger partial charge on any atom is -0.487 e. The molecule has 3 aliphatic carbocycles. The lowest BCUT2D eigenvalue weighted by molar-refractivity contribution is -0.200. The van der Waals surface area contributed by atoms with Gasteiger partial charge in [0.25, 0.3) is 0 Å². The molecule has 0 radical (unpaired) electrons. The zero-order valence-electron chi connectivity index (χ0n) is 20.4. The fourth-order valence-corrected chi connectivity index (χ4v) is 7.83. The van der Waals surface area contributed by atoms with Gasteiger partial charge in [0, 0.05) is 31.3 Å². The van der Waals surface area contributed by atoms with Gasteiger partial charge in [-0.25, -0.2) is 0 Å². The zero-order valence-corrected chi connectivity index (χ0v) is 20.4. The Morgan fingerprint density at radius 1 is 1.14 bits per heavy atom. The summed E-state index contributed by atoms with van der Waals surface area (Å²) < 4.78 is 6.72. The van der Waals surface area contributed by atoms with Gasteiger partial charge in [-0.15, -0.1) is 0 Å². The highest BCUT2D eigenvalue weighted by Gasteiger charge is 2.73. The molecule has 2 aromatic carbocycles. The molecule has 1 N–H and O–H groups in total. The summed E-state index contributed by atoms with van der Waals surface area (Å²) in [6, 6.07) is 16.4. The van der Waals surface area contributed by atoms with E-state index in [4.69, 9.17) is 4.74 Å². The summed E-state index contributed by atoms with van der Waals surface area (Å²) >= 11 is 0. The average molecular weight is 471 g/mol. The number of likely N-dealkylation sites (tertiary alicyclic amines) is 1. The van der Waals surface area contributed by atoms with E-state index in [0.717, 1.165) is 49.6 Å². The molecule has 5 aliphatic rings. The number of nitrogens with zero attached hydrogens (tertiary/aromatic N) is 2. The van der Waals surface area contributed by atoms with Crippen LogP contribution in [0.4, 0.5) is 0 Å². The molecule has 2 bridgehead atoms. The number of ether oxygens (including phenoxy) is 1. The molecule has 2 heterocycles. The third-order valence-corrected chi connectivity index (χ3v) is 9.69. The number of carbonyl (C=O) groups excluding carboxylic acids is 1. The lowest BCUT2D eigenvalue weighted by Gasteiger charge is -2.64. The van der Waals surface area contributed by atoms with Crippen LogP contribution in [0.15, 0.2) is 54.6 Å². The van der Waals surface area contributed by atoms with Gasteiger partial charge in [-0.05, 0) is 74.3 Å². The Hall–Kier alpha value is -2.63. The molecule has 7 rings (SSSR count). The zero-order chi connectivity index (χ0) is 23.8. The van der Waals surface area contributed by atoms with Crippen LogP contribution in [0.1, 0.15) is 48.8 Å². The molecule has 182 valence electrons. The number of hydrogen-bond acceptors (Lipinski definition) is 4. The second-order valence-corrected chi connectivity index (χ2v) is 11.4. The predicted octanol–water partition coefficient (Wildman–Crippen LogP) is 3.79. The van der Waals surface area contributed by atoms with Gasteiger partial charge < -0.3 is 14.7 Å². The maximum Gasteiger partial charge on any atom is 0.246 e. The monoisotopic (exact) mass is 470 g/mol. The van der Waals surface area contributed by atoms with Crippen LogP contribution in [0.5, 0.6) is 5.75 Å². The van der Waals surface area contributed by atoms with E-state index < -0.39 is 11.0 Å². The number of rotatable bonds is 5. The van der Waals surface area contributed by atoms with Crippen molar-refractivity contribution in [3.63, 3.8) is 0 Å². The molecular formula is C30H34N2O3. The van der Waals surface area contributed by atoms with Gasteiger partial charge in [0.1, 0.15) is 11.9 Å². The van der Waals surface area contributed by atoms with Crippen molar-refractivity contribution in [2.24, 2.45) is 5.92 Å². The highest BCUT2D eigenvalue weighted by Crippen LogP contribution is 2.64. The van der Waals surface area contributed by atoms with Crippen LogP contribution in [0.2, 0.25) is 0 Å². The van der Waals surface area contributed by atoms with E-state index in [1.54, 1.807) is 6.08 Å². The largest absolute Gasteiger partial charge is 0.487 e. The number of aliphatic hydroxyl groups is 1. The van der Waals surface area contributed by atoms with Crippen LogP contribution in [0.3, 0.4) is 0 Å². The van der Waals surface area contributed by atoms with Gasteiger partial charge in [-0.3, -0.25) is 9.69 Å². The second-order valence-electron chi connectivity index (χ2n) is 11.4. The molecule has 2 saturated carbocycles. The first kappa shape index (κ1) is 21.6. The first-order valence-corrected chi connectivity index (χ1v) is 13.3. The quantitative estimate of drug-likeness (QED) is 0.676. The molecule has 5 nitrogen and oxygen atoms in total. The lowest BCUT2D eigenvalue weighted by Crippen LogP contribution is -2.78. The highest BCUT2D eigenvalue weighted by molar-refractivity contribution is 5.92. The Morgan fingerprint density at radius 2 is 1.97 bits per heavy atom. The fourth-order valence-electron chi connectivity index (χ4n) is 7.83. The molecule has 5 heteroatoms. The van der Waals surface area contributed by atoms with Crippen molar-refractivity contribution >= 4 is 12.0 Å². The Bertz CT molecular complexity index is 1190. The Kier molecular flexibility index (Phi) is 4.75. The van der Waals surface area contributed by atoms with Crippen molar-refractivity contribution in [3.05, 3.63) is 71.3 Å². The van der Waals surface area contributed by atoms with Gasteiger partial charge in [0.2, 0.25) is 5.91 Å². The third-order valence-electron chi connectivity index (χ3n) is 9.69. The van der Waals surface area contributed by atoms with Crippen molar-refractivity contribution < 1.29 is 14.6 Å². The van der Waals surface area contributed by atoms with E-state index in [2.05, 4.69) is 23.1 Å². The minimum absolute atomic E-state index is 0.0148. The van der Waals surface area contributed by atoms with Gasteiger partial charge in [0.05, 0.1) is 17.1 Å². The van der Waals surface area contributed by atoms with Gasteiger partial charge in [-0.1, -0.05) is 42.5 Å². The third kappa shape index (κ3) is 3.04. The predicted molar refractivity (Wildman–Crippen MR) is 135 cm³/mol. The summed E-state index contributed by atoms with van der Waals surface area (Å²) in [4.78, 5) is 17.7. The topological polar surface area (TPSA) is 53.0 Å². The number of piperidine rings is 1. The first-order valence-electron chi connectivity index (χ1n) is 13.3. The van der Waals surface area contributed by atoms with E-state index in [1.807, 2.05) is 48.4 Å². The maximum absolute atomic E-state index is 13.3. The summed E-state index contributed by atoms with van der Waals surface area (Å²) in [7, 11) is 1.90. The molecule has 5 atom stereocenters. The normalized spacial score (nSPS) is 35.0. The van der Waals surface area contributed by atoms with Gasteiger partial charge in [-0.2, -0.15) is 0 Å². The summed E-state index contributed by atoms with van der Waals surface area (Å²) in [5.41, 5.74) is 2.32. The number of likely N-dealkylation sites (N-methyl/N-ethyl adjacent to an activating group) is 1. The van der Waals surface area contributed by atoms with E-state index in [9.17, 15) is 9.90 Å². The first-order chi connectivity index (χ1) is 17.0. The molecule has 1 amide bonds. The van der Waals surface area contributed by atoms with E-state index >= 15 is 0 Å². The highest BCUT2D eigenvalue weighted by atomic mass is 16.5. The molecule has 2 aromatic rings. The number of amides is 1. The molecule has 1 saturated heterocycles. The van der Waals surface area contributed by atoms with Gasteiger partial charge >= 0.3 is 0 Å². The molecule has 0 unspecified atom stereocenters. The Morgan fingerprint density at radius 3 is 2.77 bits per heavy atom. The number of hydrogen-bond donors (Lipinski definition) is 1. The fraction of sp³-hybridized carbons (Fsp3) is 0.500. The van der Waals surface area contributed by atoms with Crippen molar-refractivity contribution in [1.29, 1.82) is 0 Å². The lowest BCUT2D eigenvalue weighted by atomic mass is 9.48. The molecule has 35 heavy (non-hydrogen) atoms. The Balaban J connectivity index is 1.24. The summed E-state index contributed by atoms with van der Waals surface area (Å²) in [5.74, 6) is 1.71. The van der Waals surface area contributed by atoms with Crippen LogP contribution in [0, 0.1) is 5.92 Å². The van der Waals surface area contributed by atoms with Crippen molar-refractivity contribution in [2.75, 3.05) is 20.1 Å². The minimum atomic E-state index is -0.815. The van der Waals surface area contributed by atoms with Crippen LogP contribution in [0.25, 0.3) is 6.08 Å². The van der Waals surface area contributed by atoms with Crippen LogP contribution < -0.4 is 4.74 Å². The van der Waals surface area contributed by atoms with Crippen LogP contribution >= 0.6 is 0 Å². The Labute approximate surface area is 207 Å². The summed E-state index contributed by atoms with van der Waals surface area (Å²) in [6.45, 7) is 2.10. The summed E-state index contributed by atoms with van der Waals surface area (Å²) in [6.07, 6.45) is 9.22. The van der Waals surface area contributed by atoms with Crippen LogP contribution in [-0.2, 0) is 16.6 Å². The van der Waals surface area contributed by atoms with Crippen molar-refractivity contribution in [1.82, 2.24) is 9.80 Å². The SMILES string of the molecule is CN(C(=O)C=Cc1ccccc1)[C@@H]1CC[C@@]2(O)[C@H]3Cc4cccc5c4[C@@]2(CCN3CC2CC2)[C@H]1O5. The smallest absolute Gasteiger partial charge is 0.246 e. The molecular weight excluding hydrogens is 436 g/mol. The maximum atomic E-state index is 13.3. The molecule has 2 aliphatic heterocycles. The van der Waals surface area contributed by atoms with E-state index in [1.165, 1.54) is 24.0 Å². The second kappa shape index (κ2) is 7.68. The molecule has 0 aromatic heterocycles. The van der Waals surface area contributed by atoms with E-state index in [-0.39, 0.29) is 24.1 Å². The van der Waals surface area contributed by atoms with Gasteiger partial charge in [0.15, 0.2) is 0 Å². The standard InChI is InChI=1S/C30H34N2O3/c1-31(26(33)13-12-20-6-3-2-4-7-20)23-14-15-30(34)25-18-22-8-5-9-24-27(22)29(30,28(23)35-24)16-17-32(25)19-21-10-11-21/h2-9,12-13,21,23,25,28,34H,10-11,14-19H2,1H3/t23-,25-,28+,29+,30-/m1/s1. The van der Waals surface area contributed by atoms with Crippen LogP contribution in [-0.4, -0.2) is 64.7 Å². The number of carbonyl (C=O) groups is 1.